The topological polar surface area (TPSA) is 26.0 Å². The van der Waals surface area contributed by atoms with Crippen LogP contribution in [0.5, 0.6) is 0 Å². The average molecular weight is 219 g/mol. The first kappa shape index (κ1) is 10.9. The van der Waals surface area contributed by atoms with Crippen molar-refractivity contribution < 1.29 is 8.91 Å². The van der Waals surface area contributed by atoms with Crippen LogP contribution in [0.15, 0.2) is 28.8 Å². The van der Waals surface area contributed by atoms with Crippen molar-refractivity contribution in [2.75, 3.05) is 0 Å². The third-order valence-corrected chi connectivity index (χ3v) is 2.57. The lowest BCUT2D eigenvalue weighted by Crippen LogP contribution is -1.85. The minimum absolute atomic E-state index is 0.232. The quantitative estimate of drug-likeness (QED) is 0.765. The SMILES string of the molecule is Cc1cc(F)ccc1-c1cc(C(C)C)no1. The van der Waals surface area contributed by atoms with E-state index in [2.05, 4.69) is 19.0 Å². The molecule has 0 bridgehead atoms. The van der Waals surface area contributed by atoms with Crippen molar-refractivity contribution in [2.45, 2.75) is 26.7 Å². The summed E-state index contributed by atoms with van der Waals surface area (Å²) in [6.45, 7) is 5.97. The van der Waals surface area contributed by atoms with Gasteiger partial charge in [-0.15, -0.1) is 0 Å². The van der Waals surface area contributed by atoms with E-state index < -0.39 is 0 Å². The molecular weight excluding hydrogens is 205 g/mol. The summed E-state index contributed by atoms with van der Waals surface area (Å²) in [4.78, 5) is 0. The largest absolute Gasteiger partial charge is 0.356 e. The van der Waals surface area contributed by atoms with Gasteiger partial charge in [0.2, 0.25) is 0 Å². The fourth-order valence-electron chi connectivity index (χ4n) is 1.59. The molecule has 0 radical (unpaired) electrons. The molecule has 2 rings (SSSR count). The van der Waals surface area contributed by atoms with Gasteiger partial charge in [0.15, 0.2) is 5.76 Å². The highest BCUT2D eigenvalue weighted by Crippen LogP contribution is 2.26. The van der Waals surface area contributed by atoms with E-state index in [0.29, 0.717) is 11.7 Å². The zero-order valence-corrected chi connectivity index (χ0v) is 9.62. The van der Waals surface area contributed by atoms with Crippen molar-refractivity contribution >= 4 is 0 Å². The van der Waals surface area contributed by atoms with Gasteiger partial charge in [-0.2, -0.15) is 0 Å². The van der Waals surface area contributed by atoms with Crippen molar-refractivity contribution in [1.82, 2.24) is 5.16 Å². The molecule has 0 saturated heterocycles. The van der Waals surface area contributed by atoms with Gasteiger partial charge in [-0.05, 0) is 36.6 Å². The predicted octanol–water partition coefficient (Wildman–Crippen LogP) is 3.91. The van der Waals surface area contributed by atoms with E-state index in [9.17, 15) is 4.39 Å². The Labute approximate surface area is 94.1 Å². The maximum absolute atomic E-state index is 13.0. The summed E-state index contributed by atoms with van der Waals surface area (Å²) in [5.41, 5.74) is 2.66. The van der Waals surface area contributed by atoms with Crippen LogP contribution >= 0.6 is 0 Å². The Morgan fingerprint density at radius 3 is 2.56 bits per heavy atom. The summed E-state index contributed by atoms with van der Waals surface area (Å²) in [5, 5.41) is 3.99. The molecule has 1 aromatic heterocycles. The van der Waals surface area contributed by atoms with E-state index >= 15 is 0 Å². The van der Waals surface area contributed by atoms with Crippen LogP contribution in [0.1, 0.15) is 31.0 Å². The van der Waals surface area contributed by atoms with Crippen molar-refractivity contribution in [3.8, 4) is 11.3 Å². The summed E-state index contributed by atoms with van der Waals surface area (Å²) in [6, 6.07) is 6.55. The summed E-state index contributed by atoms with van der Waals surface area (Å²) in [5.74, 6) is 0.796. The summed E-state index contributed by atoms with van der Waals surface area (Å²) in [6.07, 6.45) is 0. The fraction of sp³-hybridized carbons (Fsp3) is 0.308. The number of aryl methyl sites for hydroxylation is 1. The molecule has 1 aromatic carbocycles. The molecule has 2 aromatic rings. The molecule has 0 aliphatic heterocycles. The van der Waals surface area contributed by atoms with Gasteiger partial charge in [0, 0.05) is 11.6 Å². The molecule has 3 heteroatoms. The van der Waals surface area contributed by atoms with E-state index in [4.69, 9.17) is 4.52 Å². The first-order valence-corrected chi connectivity index (χ1v) is 5.31. The Morgan fingerprint density at radius 1 is 1.25 bits per heavy atom. The molecule has 0 aliphatic carbocycles. The van der Waals surface area contributed by atoms with Gasteiger partial charge in [-0.1, -0.05) is 19.0 Å². The molecule has 1 heterocycles. The van der Waals surface area contributed by atoms with E-state index in [1.807, 2.05) is 13.0 Å². The summed E-state index contributed by atoms with van der Waals surface area (Å²) < 4.78 is 18.2. The predicted molar refractivity (Wildman–Crippen MR) is 60.7 cm³/mol. The zero-order chi connectivity index (χ0) is 11.7. The van der Waals surface area contributed by atoms with Gasteiger partial charge in [0.1, 0.15) is 5.82 Å². The molecule has 0 atom stereocenters. The molecule has 84 valence electrons. The van der Waals surface area contributed by atoms with Crippen LogP contribution in [0.4, 0.5) is 4.39 Å². The van der Waals surface area contributed by atoms with Crippen LogP contribution < -0.4 is 0 Å². The third-order valence-electron chi connectivity index (χ3n) is 2.57. The Bertz CT molecular complexity index is 502. The molecule has 2 nitrogen and oxygen atoms in total. The lowest BCUT2D eigenvalue weighted by Gasteiger charge is -2.00. The monoisotopic (exact) mass is 219 g/mol. The molecule has 0 spiro atoms. The molecular formula is C13H14FNO. The smallest absolute Gasteiger partial charge is 0.167 e. The van der Waals surface area contributed by atoms with E-state index in [0.717, 1.165) is 16.8 Å². The van der Waals surface area contributed by atoms with Gasteiger partial charge in [-0.25, -0.2) is 4.39 Å². The van der Waals surface area contributed by atoms with Crippen LogP contribution in [-0.4, -0.2) is 5.16 Å². The number of aromatic nitrogens is 1. The number of halogens is 1. The highest BCUT2D eigenvalue weighted by molar-refractivity contribution is 5.61. The van der Waals surface area contributed by atoms with Crippen molar-refractivity contribution in [1.29, 1.82) is 0 Å². The van der Waals surface area contributed by atoms with Crippen molar-refractivity contribution in [3.63, 3.8) is 0 Å². The number of benzene rings is 1. The summed E-state index contributed by atoms with van der Waals surface area (Å²) >= 11 is 0. The second-order valence-corrected chi connectivity index (χ2v) is 4.23. The summed E-state index contributed by atoms with van der Waals surface area (Å²) in [7, 11) is 0. The van der Waals surface area contributed by atoms with E-state index in [1.54, 1.807) is 6.07 Å². The first-order valence-electron chi connectivity index (χ1n) is 5.31. The van der Waals surface area contributed by atoms with Crippen molar-refractivity contribution in [2.24, 2.45) is 0 Å². The van der Waals surface area contributed by atoms with Gasteiger partial charge in [0.25, 0.3) is 0 Å². The molecule has 16 heavy (non-hydrogen) atoms. The Kier molecular flexibility index (Phi) is 2.77. The lowest BCUT2D eigenvalue weighted by molar-refractivity contribution is 0.419. The minimum atomic E-state index is -0.232. The normalized spacial score (nSPS) is 11.1. The van der Waals surface area contributed by atoms with Crippen LogP contribution in [0, 0.1) is 12.7 Å². The molecule has 0 aliphatic rings. The highest BCUT2D eigenvalue weighted by atomic mass is 19.1. The Hall–Kier alpha value is -1.64. The zero-order valence-electron chi connectivity index (χ0n) is 9.62. The van der Waals surface area contributed by atoms with Crippen LogP contribution in [0.2, 0.25) is 0 Å². The van der Waals surface area contributed by atoms with Gasteiger partial charge >= 0.3 is 0 Å². The Balaban J connectivity index is 2.42. The molecule has 0 N–H and O–H groups in total. The van der Waals surface area contributed by atoms with E-state index in [-0.39, 0.29) is 5.82 Å². The fourth-order valence-corrected chi connectivity index (χ4v) is 1.59. The second kappa shape index (κ2) is 4.08. The Morgan fingerprint density at radius 2 is 2.00 bits per heavy atom. The maximum Gasteiger partial charge on any atom is 0.167 e. The van der Waals surface area contributed by atoms with Crippen LogP contribution in [-0.2, 0) is 0 Å². The average Bonchev–Trinajstić information content (AvgIpc) is 2.66. The molecule has 0 amide bonds. The third kappa shape index (κ3) is 1.98. The first-order chi connectivity index (χ1) is 7.58. The number of nitrogens with zero attached hydrogens (tertiary/aromatic N) is 1. The van der Waals surface area contributed by atoms with Crippen LogP contribution in [0.3, 0.4) is 0 Å². The molecule has 0 unspecified atom stereocenters. The minimum Gasteiger partial charge on any atom is -0.356 e. The number of hydrogen-bond acceptors (Lipinski definition) is 2. The number of rotatable bonds is 2. The second-order valence-electron chi connectivity index (χ2n) is 4.23. The van der Waals surface area contributed by atoms with Crippen LogP contribution in [0.25, 0.3) is 11.3 Å². The van der Waals surface area contributed by atoms with Gasteiger partial charge in [-0.3, -0.25) is 0 Å². The van der Waals surface area contributed by atoms with Gasteiger partial charge in [0.05, 0.1) is 5.69 Å². The standard InChI is InChI=1S/C13H14FNO/c1-8(2)12-7-13(16-15-12)11-5-4-10(14)6-9(11)3/h4-8H,1-3H3. The maximum atomic E-state index is 13.0. The number of hydrogen-bond donors (Lipinski definition) is 0. The van der Waals surface area contributed by atoms with Gasteiger partial charge < -0.3 is 4.52 Å². The van der Waals surface area contributed by atoms with Crippen molar-refractivity contribution in [3.05, 3.63) is 41.3 Å². The molecule has 0 saturated carbocycles. The molecule has 0 fully saturated rings. The van der Waals surface area contributed by atoms with E-state index in [1.165, 1.54) is 12.1 Å². The highest BCUT2D eigenvalue weighted by Gasteiger charge is 2.11. The lowest BCUT2D eigenvalue weighted by atomic mass is 10.0.